The van der Waals surface area contributed by atoms with E-state index in [4.69, 9.17) is 20.9 Å². The highest BCUT2D eigenvalue weighted by Gasteiger charge is 2.10. The van der Waals surface area contributed by atoms with Crippen molar-refractivity contribution in [1.29, 1.82) is 0 Å². The summed E-state index contributed by atoms with van der Waals surface area (Å²) in [6.45, 7) is 0.126. The molecule has 1 aromatic heterocycles. The largest absolute Gasteiger partial charge is 0.463 e. The van der Waals surface area contributed by atoms with Gasteiger partial charge in [-0.15, -0.1) is 0 Å². The topological polar surface area (TPSA) is 61.0 Å². The lowest BCUT2D eigenvalue weighted by atomic mass is 10.2. The number of hydrogen-bond donors (Lipinski definition) is 0. The normalized spacial score (nSPS) is 10.7. The van der Waals surface area contributed by atoms with Gasteiger partial charge in [-0.2, -0.15) is 0 Å². The van der Waals surface area contributed by atoms with Gasteiger partial charge in [0.1, 0.15) is 5.76 Å². The van der Waals surface area contributed by atoms with Crippen molar-refractivity contribution in [2.75, 3.05) is 7.11 Å². The molecule has 0 fully saturated rings. The van der Waals surface area contributed by atoms with E-state index in [1.807, 2.05) is 12.1 Å². The Morgan fingerprint density at radius 3 is 2.75 bits per heavy atom. The lowest BCUT2D eigenvalue weighted by Crippen LogP contribution is -1.98. The van der Waals surface area contributed by atoms with Gasteiger partial charge in [0, 0.05) is 5.02 Å². The van der Waals surface area contributed by atoms with Crippen molar-refractivity contribution in [3.63, 3.8) is 0 Å². The fourth-order valence-corrected chi connectivity index (χ4v) is 1.54. The molecule has 2 rings (SSSR count). The molecule has 0 aliphatic rings. The lowest BCUT2D eigenvalue weighted by Gasteiger charge is -1.96. The monoisotopic (exact) mass is 293 g/mol. The first kappa shape index (κ1) is 14.1. The second kappa shape index (κ2) is 6.77. The third kappa shape index (κ3) is 3.86. The van der Waals surface area contributed by atoms with Crippen LogP contribution in [-0.2, 0) is 16.2 Å². The Balaban J connectivity index is 1.85. The van der Waals surface area contributed by atoms with E-state index < -0.39 is 5.97 Å². The predicted octanol–water partition coefficient (Wildman–Crippen LogP) is 3.27. The molecule has 0 amide bonds. The van der Waals surface area contributed by atoms with Gasteiger partial charge < -0.3 is 14.0 Å². The molecular formula is C14H12ClNO4. The Morgan fingerprint density at radius 1 is 1.30 bits per heavy atom. The fraction of sp³-hybridized carbons (Fsp3) is 0.143. The van der Waals surface area contributed by atoms with Crippen LogP contribution < -0.4 is 0 Å². The summed E-state index contributed by atoms with van der Waals surface area (Å²) in [7, 11) is 1.29. The molecule has 0 aliphatic heterocycles. The van der Waals surface area contributed by atoms with Crippen LogP contribution in [0, 0.1) is 0 Å². The van der Waals surface area contributed by atoms with Crippen LogP contribution in [0.3, 0.4) is 0 Å². The minimum absolute atomic E-state index is 0.126. The van der Waals surface area contributed by atoms with Gasteiger partial charge in [0.2, 0.25) is 5.76 Å². The third-order valence-corrected chi connectivity index (χ3v) is 2.65. The molecule has 0 radical (unpaired) electrons. The summed E-state index contributed by atoms with van der Waals surface area (Å²) in [6, 6.07) is 10.3. The number of hydrogen-bond acceptors (Lipinski definition) is 5. The number of oxime groups is 1. The van der Waals surface area contributed by atoms with Crippen LogP contribution in [0.5, 0.6) is 0 Å². The highest BCUT2D eigenvalue weighted by molar-refractivity contribution is 6.30. The van der Waals surface area contributed by atoms with Gasteiger partial charge in [0.05, 0.1) is 13.3 Å². The molecule has 20 heavy (non-hydrogen) atoms. The quantitative estimate of drug-likeness (QED) is 0.482. The van der Waals surface area contributed by atoms with Crippen molar-refractivity contribution in [3.8, 4) is 0 Å². The summed E-state index contributed by atoms with van der Waals surface area (Å²) in [5.74, 6) is 0.0901. The van der Waals surface area contributed by atoms with Crippen LogP contribution >= 0.6 is 11.6 Å². The van der Waals surface area contributed by atoms with E-state index in [1.54, 1.807) is 24.4 Å². The van der Waals surface area contributed by atoms with Gasteiger partial charge in [-0.3, -0.25) is 0 Å². The standard InChI is InChI=1S/C14H12ClNO4/c1-18-14(17)13-7-6-12(20-13)9-19-16-8-10-2-4-11(15)5-3-10/h2-8H,9H2,1H3/b16-8+. The number of benzene rings is 1. The van der Waals surface area contributed by atoms with Gasteiger partial charge in [-0.25, -0.2) is 4.79 Å². The SMILES string of the molecule is COC(=O)c1ccc(CO/N=C/c2ccc(Cl)cc2)o1. The maximum absolute atomic E-state index is 11.2. The van der Waals surface area contributed by atoms with E-state index in [2.05, 4.69) is 9.89 Å². The van der Waals surface area contributed by atoms with Crippen molar-refractivity contribution in [2.24, 2.45) is 5.16 Å². The molecule has 0 saturated heterocycles. The molecule has 5 nitrogen and oxygen atoms in total. The van der Waals surface area contributed by atoms with Gasteiger partial charge in [0.15, 0.2) is 6.61 Å². The smallest absolute Gasteiger partial charge is 0.373 e. The summed E-state index contributed by atoms with van der Waals surface area (Å²) < 4.78 is 9.74. The molecular weight excluding hydrogens is 282 g/mol. The number of furan rings is 1. The second-order valence-electron chi connectivity index (χ2n) is 3.82. The molecule has 1 aromatic carbocycles. The van der Waals surface area contributed by atoms with Crippen LogP contribution in [0.4, 0.5) is 0 Å². The third-order valence-electron chi connectivity index (χ3n) is 2.40. The van der Waals surface area contributed by atoms with Crippen LogP contribution in [0.15, 0.2) is 46.0 Å². The minimum Gasteiger partial charge on any atom is -0.463 e. The molecule has 0 bridgehead atoms. The first-order valence-corrected chi connectivity index (χ1v) is 6.15. The summed E-state index contributed by atoms with van der Waals surface area (Å²) in [6.07, 6.45) is 1.56. The summed E-state index contributed by atoms with van der Waals surface area (Å²) in [5, 5.41) is 4.46. The number of ether oxygens (including phenoxy) is 1. The zero-order valence-corrected chi connectivity index (χ0v) is 11.5. The molecule has 104 valence electrons. The zero-order valence-electron chi connectivity index (χ0n) is 10.7. The Labute approximate surface area is 120 Å². The average molecular weight is 294 g/mol. The first-order chi connectivity index (χ1) is 9.69. The van der Waals surface area contributed by atoms with E-state index in [1.165, 1.54) is 13.2 Å². The second-order valence-corrected chi connectivity index (χ2v) is 4.25. The molecule has 0 N–H and O–H groups in total. The Hall–Kier alpha value is -2.27. The number of carbonyl (C=O) groups is 1. The molecule has 6 heteroatoms. The Kier molecular flexibility index (Phi) is 4.79. The van der Waals surface area contributed by atoms with Crippen molar-refractivity contribution in [3.05, 3.63) is 58.5 Å². The Morgan fingerprint density at radius 2 is 2.05 bits per heavy atom. The Bertz CT molecular complexity index is 604. The molecule has 1 heterocycles. The maximum atomic E-state index is 11.2. The molecule has 0 atom stereocenters. The van der Waals surface area contributed by atoms with E-state index in [0.29, 0.717) is 10.8 Å². The maximum Gasteiger partial charge on any atom is 0.373 e. The van der Waals surface area contributed by atoms with Crippen molar-refractivity contribution >= 4 is 23.8 Å². The van der Waals surface area contributed by atoms with Gasteiger partial charge in [-0.05, 0) is 29.8 Å². The minimum atomic E-state index is -0.527. The van der Waals surface area contributed by atoms with E-state index in [0.717, 1.165) is 5.56 Å². The zero-order chi connectivity index (χ0) is 14.4. The van der Waals surface area contributed by atoms with Crippen LogP contribution in [0.25, 0.3) is 0 Å². The molecule has 0 unspecified atom stereocenters. The lowest BCUT2D eigenvalue weighted by molar-refractivity contribution is 0.0553. The average Bonchev–Trinajstić information content (AvgIpc) is 2.93. The molecule has 0 spiro atoms. The molecule has 0 saturated carbocycles. The van der Waals surface area contributed by atoms with E-state index in [9.17, 15) is 4.79 Å². The number of methoxy groups -OCH3 is 1. The van der Waals surface area contributed by atoms with E-state index in [-0.39, 0.29) is 12.4 Å². The highest BCUT2D eigenvalue weighted by Crippen LogP contribution is 2.11. The number of esters is 1. The summed E-state index contributed by atoms with van der Waals surface area (Å²) >= 11 is 5.77. The van der Waals surface area contributed by atoms with Crippen LogP contribution in [0.2, 0.25) is 5.02 Å². The number of halogens is 1. The number of nitrogens with zero attached hydrogens (tertiary/aromatic N) is 1. The number of carbonyl (C=O) groups excluding carboxylic acids is 1. The number of rotatable bonds is 5. The van der Waals surface area contributed by atoms with Crippen molar-refractivity contribution in [1.82, 2.24) is 0 Å². The van der Waals surface area contributed by atoms with Crippen molar-refractivity contribution < 1.29 is 18.8 Å². The summed E-state index contributed by atoms with van der Waals surface area (Å²) in [4.78, 5) is 16.2. The predicted molar refractivity (Wildman–Crippen MR) is 73.9 cm³/mol. The fourth-order valence-electron chi connectivity index (χ4n) is 1.41. The van der Waals surface area contributed by atoms with Gasteiger partial charge in [0.25, 0.3) is 0 Å². The highest BCUT2D eigenvalue weighted by atomic mass is 35.5. The summed E-state index contributed by atoms with van der Waals surface area (Å²) in [5.41, 5.74) is 0.865. The van der Waals surface area contributed by atoms with Crippen LogP contribution in [-0.4, -0.2) is 19.3 Å². The van der Waals surface area contributed by atoms with Gasteiger partial charge >= 0.3 is 5.97 Å². The van der Waals surface area contributed by atoms with Gasteiger partial charge in [-0.1, -0.05) is 28.9 Å². The molecule has 0 aliphatic carbocycles. The molecule has 2 aromatic rings. The first-order valence-electron chi connectivity index (χ1n) is 5.77. The van der Waals surface area contributed by atoms with Crippen molar-refractivity contribution in [2.45, 2.75) is 6.61 Å². The van der Waals surface area contributed by atoms with Crippen LogP contribution in [0.1, 0.15) is 21.9 Å². The van der Waals surface area contributed by atoms with E-state index >= 15 is 0 Å².